The Balaban J connectivity index is 2.11. The van der Waals surface area contributed by atoms with Crippen LogP contribution in [0, 0.1) is 0 Å². The molecule has 0 aliphatic rings. The Hall–Kier alpha value is -2.93. The van der Waals surface area contributed by atoms with Crippen molar-refractivity contribution in [2.24, 2.45) is 5.10 Å². The quantitative estimate of drug-likeness (QED) is 0.361. The molecule has 8 heteroatoms. The number of amides is 1. The lowest BCUT2D eigenvalue weighted by Crippen LogP contribution is -2.17. The second kappa shape index (κ2) is 12.7. The number of carbonyl (C=O) groups excluding carboxylic acids is 1. The fourth-order valence-corrected chi connectivity index (χ4v) is 2.91. The average Bonchev–Trinajstić information content (AvgIpc) is 2.77. The van der Waals surface area contributed by atoms with Crippen molar-refractivity contribution in [3.05, 3.63) is 46.5 Å². The van der Waals surface area contributed by atoms with Crippen molar-refractivity contribution in [1.29, 1.82) is 0 Å². The average molecular weight is 449 g/mol. The predicted octanol–water partition coefficient (Wildman–Crippen LogP) is 5.09. The van der Waals surface area contributed by atoms with Gasteiger partial charge in [-0.3, -0.25) is 4.79 Å². The van der Waals surface area contributed by atoms with Gasteiger partial charge >= 0.3 is 0 Å². The van der Waals surface area contributed by atoms with Gasteiger partial charge in [-0.1, -0.05) is 25.4 Å². The lowest BCUT2D eigenvalue weighted by atomic mass is 10.2. The monoisotopic (exact) mass is 448 g/mol. The molecule has 1 N–H and O–H groups in total. The maximum Gasteiger partial charge on any atom is 0.271 e. The smallest absolute Gasteiger partial charge is 0.271 e. The molecule has 2 aromatic rings. The molecular weight excluding hydrogens is 420 g/mol. The van der Waals surface area contributed by atoms with E-state index in [1.165, 1.54) is 13.3 Å². The molecule has 7 nitrogen and oxygen atoms in total. The van der Waals surface area contributed by atoms with Gasteiger partial charge in [0.2, 0.25) is 0 Å². The molecule has 0 heterocycles. The van der Waals surface area contributed by atoms with Crippen LogP contribution in [0.3, 0.4) is 0 Å². The van der Waals surface area contributed by atoms with Gasteiger partial charge in [-0.25, -0.2) is 5.43 Å². The number of halogens is 1. The van der Waals surface area contributed by atoms with E-state index in [-0.39, 0.29) is 5.91 Å². The van der Waals surface area contributed by atoms with E-state index in [1.54, 1.807) is 30.3 Å². The van der Waals surface area contributed by atoms with E-state index in [2.05, 4.69) is 10.5 Å². The summed E-state index contributed by atoms with van der Waals surface area (Å²) >= 11 is 6.30. The molecular formula is C23H29ClN2O5. The van der Waals surface area contributed by atoms with Crippen LogP contribution in [0.2, 0.25) is 5.02 Å². The largest absolute Gasteiger partial charge is 0.493 e. The number of hydrazone groups is 1. The summed E-state index contributed by atoms with van der Waals surface area (Å²) in [6.07, 6.45) is 3.21. The Kier molecular flexibility index (Phi) is 9.97. The van der Waals surface area contributed by atoms with E-state index in [0.717, 1.165) is 12.8 Å². The lowest BCUT2D eigenvalue weighted by molar-refractivity contribution is 0.0954. The van der Waals surface area contributed by atoms with Gasteiger partial charge in [0.05, 0.1) is 38.2 Å². The zero-order valence-electron chi connectivity index (χ0n) is 18.4. The van der Waals surface area contributed by atoms with Crippen LogP contribution in [0.5, 0.6) is 23.0 Å². The van der Waals surface area contributed by atoms with Gasteiger partial charge in [0, 0.05) is 5.56 Å². The normalized spacial score (nSPS) is 10.7. The number of ether oxygens (including phenoxy) is 4. The predicted molar refractivity (Wildman–Crippen MR) is 122 cm³/mol. The van der Waals surface area contributed by atoms with Crippen LogP contribution in [-0.4, -0.2) is 39.1 Å². The number of nitrogens with one attached hydrogen (secondary N) is 1. The van der Waals surface area contributed by atoms with Gasteiger partial charge in [0.25, 0.3) is 5.91 Å². The molecule has 0 saturated heterocycles. The van der Waals surface area contributed by atoms with E-state index < -0.39 is 0 Å². The standard InChI is InChI=1S/C23H29ClN2O5/c1-5-10-30-19-9-8-17(14-20(19)29-7-3)23(27)26-25-15-16-12-18(24)22(31-11-6-2)21(13-16)28-4/h8-9,12-15H,5-7,10-11H2,1-4H3,(H,26,27)/b25-15+. The summed E-state index contributed by atoms with van der Waals surface area (Å²) < 4.78 is 22.2. The van der Waals surface area contributed by atoms with Gasteiger partial charge in [-0.2, -0.15) is 5.10 Å². The highest BCUT2D eigenvalue weighted by Crippen LogP contribution is 2.36. The Morgan fingerprint density at radius 1 is 1.00 bits per heavy atom. The zero-order valence-corrected chi connectivity index (χ0v) is 19.1. The second-order valence-electron chi connectivity index (χ2n) is 6.52. The Labute approximate surface area is 188 Å². The molecule has 2 aromatic carbocycles. The van der Waals surface area contributed by atoms with Crippen molar-refractivity contribution in [2.45, 2.75) is 33.6 Å². The van der Waals surface area contributed by atoms with Crippen LogP contribution in [0.4, 0.5) is 0 Å². The SMILES string of the molecule is CCCOc1ccc(C(=O)N/N=C/c2cc(Cl)c(OCCC)c(OC)c2)cc1OCC. The third-order valence-electron chi connectivity index (χ3n) is 4.05. The Morgan fingerprint density at radius 2 is 1.74 bits per heavy atom. The van der Waals surface area contributed by atoms with Crippen molar-refractivity contribution in [3.8, 4) is 23.0 Å². The van der Waals surface area contributed by atoms with E-state index in [0.29, 0.717) is 59.0 Å². The van der Waals surface area contributed by atoms with Crippen molar-refractivity contribution in [3.63, 3.8) is 0 Å². The molecule has 31 heavy (non-hydrogen) atoms. The summed E-state index contributed by atoms with van der Waals surface area (Å²) in [4.78, 5) is 12.5. The molecule has 0 aliphatic heterocycles. The van der Waals surface area contributed by atoms with Gasteiger partial charge in [0.1, 0.15) is 0 Å². The van der Waals surface area contributed by atoms with Gasteiger partial charge in [-0.05, 0) is 55.7 Å². The summed E-state index contributed by atoms with van der Waals surface area (Å²) in [6, 6.07) is 8.45. The fourth-order valence-electron chi connectivity index (χ4n) is 2.64. The summed E-state index contributed by atoms with van der Waals surface area (Å²) in [6.45, 7) is 7.47. The second-order valence-corrected chi connectivity index (χ2v) is 6.93. The van der Waals surface area contributed by atoms with Crippen LogP contribution >= 0.6 is 11.6 Å². The molecule has 0 saturated carbocycles. The summed E-state index contributed by atoms with van der Waals surface area (Å²) in [5.41, 5.74) is 3.57. The third kappa shape index (κ3) is 7.07. The van der Waals surface area contributed by atoms with Crippen LogP contribution < -0.4 is 24.4 Å². The first kappa shape index (κ1) is 24.3. The number of benzene rings is 2. The van der Waals surface area contributed by atoms with Gasteiger partial charge < -0.3 is 18.9 Å². The van der Waals surface area contributed by atoms with E-state index in [4.69, 9.17) is 30.5 Å². The minimum atomic E-state index is -0.375. The van der Waals surface area contributed by atoms with Crippen LogP contribution in [0.15, 0.2) is 35.4 Å². The molecule has 0 fully saturated rings. The third-order valence-corrected chi connectivity index (χ3v) is 4.33. The number of hydrogen-bond acceptors (Lipinski definition) is 6. The maximum absolute atomic E-state index is 12.5. The Morgan fingerprint density at radius 3 is 2.42 bits per heavy atom. The van der Waals surface area contributed by atoms with Crippen LogP contribution in [0.1, 0.15) is 49.5 Å². The topological polar surface area (TPSA) is 78.4 Å². The Bertz CT molecular complexity index is 902. The van der Waals surface area contributed by atoms with E-state index in [9.17, 15) is 4.79 Å². The fraction of sp³-hybridized carbons (Fsp3) is 0.391. The zero-order chi connectivity index (χ0) is 22.6. The first-order chi connectivity index (χ1) is 15.0. The van der Waals surface area contributed by atoms with Crippen molar-refractivity contribution in [1.82, 2.24) is 5.43 Å². The molecule has 0 bridgehead atoms. The van der Waals surface area contributed by atoms with Crippen LogP contribution in [0.25, 0.3) is 0 Å². The first-order valence-electron chi connectivity index (χ1n) is 10.3. The molecule has 168 valence electrons. The molecule has 0 aromatic heterocycles. The molecule has 0 aliphatic carbocycles. The lowest BCUT2D eigenvalue weighted by Gasteiger charge is -2.13. The number of carbonyl (C=O) groups is 1. The van der Waals surface area contributed by atoms with E-state index in [1.807, 2.05) is 20.8 Å². The first-order valence-corrected chi connectivity index (χ1v) is 10.6. The number of rotatable bonds is 12. The molecule has 1 amide bonds. The highest BCUT2D eigenvalue weighted by atomic mass is 35.5. The summed E-state index contributed by atoms with van der Waals surface area (Å²) in [7, 11) is 1.54. The number of hydrogen-bond donors (Lipinski definition) is 1. The summed E-state index contributed by atoms with van der Waals surface area (Å²) in [5, 5.41) is 4.43. The molecule has 0 unspecified atom stereocenters. The highest BCUT2D eigenvalue weighted by molar-refractivity contribution is 6.32. The highest BCUT2D eigenvalue weighted by Gasteiger charge is 2.13. The summed E-state index contributed by atoms with van der Waals surface area (Å²) in [5.74, 6) is 1.74. The van der Waals surface area contributed by atoms with E-state index >= 15 is 0 Å². The van der Waals surface area contributed by atoms with Gasteiger partial charge in [0.15, 0.2) is 23.0 Å². The van der Waals surface area contributed by atoms with Crippen molar-refractivity contribution < 1.29 is 23.7 Å². The van der Waals surface area contributed by atoms with Gasteiger partial charge in [-0.15, -0.1) is 0 Å². The van der Waals surface area contributed by atoms with Crippen molar-refractivity contribution >= 4 is 23.7 Å². The number of methoxy groups -OCH3 is 1. The minimum absolute atomic E-state index is 0.375. The molecule has 0 spiro atoms. The molecule has 0 atom stereocenters. The maximum atomic E-state index is 12.5. The molecule has 2 rings (SSSR count). The van der Waals surface area contributed by atoms with Crippen molar-refractivity contribution in [2.75, 3.05) is 26.9 Å². The minimum Gasteiger partial charge on any atom is -0.493 e. The number of nitrogens with zero attached hydrogens (tertiary/aromatic N) is 1. The molecule has 0 radical (unpaired) electrons. The van der Waals surface area contributed by atoms with Crippen LogP contribution in [-0.2, 0) is 0 Å².